The summed E-state index contributed by atoms with van der Waals surface area (Å²) >= 11 is 0. The minimum Gasteiger partial charge on any atom is -0.497 e. The van der Waals surface area contributed by atoms with Crippen molar-refractivity contribution in [2.75, 3.05) is 7.11 Å². The summed E-state index contributed by atoms with van der Waals surface area (Å²) in [5, 5.41) is 8.73. The number of benzene rings is 1. The van der Waals surface area contributed by atoms with Gasteiger partial charge in [-0.05, 0) is 18.2 Å². The maximum atomic E-state index is 10.7. The van der Waals surface area contributed by atoms with Gasteiger partial charge in [-0.25, -0.2) is 4.79 Å². The van der Waals surface area contributed by atoms with Crippen molar-refractivity contribution in [3.8, 4) is 11.5 Å². The molecule has 2 aromatic rings. The summed E-state index contributed by atoms with van der Waals surface area (Å²) < 4.78 is 15.6. The first-order valence-electron chi connectivity index (χ1n) is 5.26. The van der Waals surface area contributed by atoms with Crippen LogP contribution in [0.3, 0.4) is 0 Å². The second kappa shape index (κ2) is 5.27. The van der Waals surface area contributed by atoms with Crippen LogP contribution in [-0.2, 0) is 6.61 Å². The van der Waals surface area contributed by atoms with Gasteiger partial charge in [-0.1, -0.05) is 6.07 Å². The molecule has 0 saturated carbocycles. The molecular formula is C13H12O5. The number of rotatable bonds is 5. The van der Waals surface area contributed by atoms with E-state index in [1.54, 1.807) is 25.3 Å². The molecule has 5 nitrogen and oxygen atoms in total. The lowest BCUT2D eigenvalue weighted by atomic mass is 10.3. The summed E-state index contributed by atoms with van der Waals surface area (Å²) in [6.07, 6.45) is 1.19. The van der Waals surface area contributed by atoms with E-state index in [1.807, 2.05) is 6.07 Å². The molecule has 0 bridgehead atoms. The van der Waals surface area contributed by atoms with Gasteiger partial charge in [0.15, 0.2) is 0 Å². The predicted molar refractivity (Wildman–Crippen MR) is 63.0 cm³/mol. The normalized spacial score (nSPS) is 10.1. The van der Waals surface area contributed by atoms with E-state index < -0.39 is 5.97 Å². The van der Waals surface area contributed by atoms with Crippen LogP contribution in [0.1, 0.15) is 16.1 Å². The highest BCUT2D eigenvalue weighted by Crippen LogP contribution is 2.20. The van der Waals surface area contributed by atoms with Gasteiger partial charge in [-0.15, -0.1) is 0 Å². The molecule has 1 aromatic heterocycles. The monoisotopic (exact) mass is 248 g/mol. The van der Waals surface area contributed by atoms with E-state index in [4.69, 9.17) is 19.0 Å². The second-order valence-electron chi connectivity index (χ2n) is 3.57. The lowest BCUT2D eigenvalue weighted by Gasteiger charge is -2.05. The molecule has 0 aliphatic carbocycles. The van der Waals surface area contributed by atoms with Crippen LogP contribution in [0.4, 0.5) is 0 Å². The molecule has 0 aliphatic rings. The standard InChI is InChI=1S/C13H12O5/c1-16-10-3-2-4-11(6-10)18-8-12-5-9(7-17-12)13(14)15/h2-7H,8H2,1H3,(H,14,15). The Morgan fingerprint density at radius 3 is 2.78 bits per heavy atom. The largest absolute Gasteiger partial charge is 0.497 e. The highest BCUT2D eigenvalue weighted by molar-refractivity contribution is 5.87. The SMILES string of the molecule is COc1cccc(OCc2cc(C(=O)O)co2)c1. The number of carboxylic acids is 1. The van der Waals surface area contributed by atoms with Crippen LogP contribution in [0.15, 0.2) is 41.0 Å². The van der Waals surface area contributed by atoms with Crippen LogP contribution < -0.4 is 9.47 Å². The highest BCUT2D eigenvalue weighted by atomic mass is 16.5. The molecule has 0 radical (unpaired) electrons. The molecule has 1 aromatic carbocycles. The van der Waals surface area contributed by atoms with E-state index in [-0.39, 0.29) is 12.2 Å². The van der Waals surface area contributed by atoms with Gasteiger partial charge in [0.25, 0.3) is 0 Å². The molecule has 1 N–H and O–H groups in total. The number of furan rings is 1. The fraction of sp³-hybridized carbons (Fsp3) is 0.154. The van der Waals surface area contributed by atoms with Crippen molar-refractivity contribution in [2.24, 2.45) is 0 Å². The zero-order chi connectivity index (χ0) is 13.0. The van der Waals surface area contributed by atoms with Crippen molar-refractivity contribution < 1.29 is 23.8 Å². The lowest BCUT2D eigenvalue weighted by molar-refractivity contribution is 0.0696. The number of methoxy groups -OCH3 is 1. The highest BCUT2D eigenvalue weighted by Gasteiger charge is 2.08. The summed E-state index contributed by atoms with van der Waals surface area (Å²) in [5.74, 6) is 0.752. The third-order valence-electron chi connectivity index (χ3n) is 2.32. The molecule has 0 saturated heterocycles. The molecule has 18 heavy (non-hydrogen) atoms. The Balaban J connectivity index is 1.99. The molecule has 0 fully saturated rings. The third-order valence-corrected chi connectivity index (χ3v) is 2.32. The zero-order valence-corrected chi connectivity index (χ0v) is 9.75. The van der Waals surface area contributed by atoms with Crippen molar-refractivity contribution in [1.29, 1.82) is 0 Å². The van der Waals surface area contributed by atoms with E-state index in [1.165, 1.54) is 12.3 Å². The molecule has 0 aliphatic heterocycles. The number of ether oxygens (including phenoxy) is 2. The minimum absolute atomic E-state index is 0.110. The first-order valence-corrected chi connectivity index (χ1v) is 5.26. The van der Waals surface area contributed by atoms with Crippen molar-refractivity contribution in [1.82, 2.24) is 0 Å². The van der Waals surface area contributed by atoms with E-state index in [2.05, 4.69) is 0 Å². The fourth-order valence-corrected chi connectivity index (χ4v) is 1.41. The minimum atomic E-state index is -1.02. The van der Waals surface area contributed by atoms with Crippen LogP contribution in [-0.4, -0.2) is 18.2 Å². The number of carboxylic acid groups (broad SMARTS) is 1. The van der Waals surface area contributed by atoms with Crippen LogP contribution in [0.5, 0.6) is 11.5 Å². The molecule has 0 spiro atoms. The maximum Gasteiger partial charge on any atom is 0.338 e. The average Bonchev–Trinajstić information content (AvgIpc) is 2.85. The van der Waals surface area contributed by atoms with Gasteiger partial charge in [-0.2, -0.15) is 0 Å². The van der Waals surface area contributed by atoms with Crippen molar-refractivity contribution in [3.05, 3.63) is 47.9 Å². The van der Waals surface area contributed by atoms with Gasteiger partial charge in [0.05, 0.1) is 12.7 Å². The Hall–Kier alpha value is -2.43. The van der Waals surface area contributed by atoms with Gasteiger partial charge in [0.1, 0.15) is 30.1 Å². The van der Waals surface area contributed by atoms with Crippen molar-refractivity contribution in [3.63, 3.8) is 0 Å². The number of carbonyl (C=O) groups is 1. The van der Waals surface area contributed by atoms with Crippen LogP contribution in [0.25, 0.3) is 0 Å². The Morgan fingerprint density at radius 2 is 2.11 bits per heavy atom. The molecular weight excluding hydrogens is 236 g/mol. The van der Waals surface area contributed by atoms with Gasteiger partial charge in [0.2, 0.25) is 0 Å². The van der Waals surface area contributed by atoms with Crippen LogP contribution in [0.2, 0.25) is 0 Å². The molecule has 0 unspecified atom stereocenters. The number of aromatic carboxylic acids is 1. The Labute approximate surface area is 104 Å². The van der Waals surface area contributed by atoms with E-state index in [9.17, 15) is 4.79 Å². The maximum absolute atomic E-state index is 10.7. The van der Waals surface area contributed by atoms with Gasteiger partial charge < -0.3 is 19.0 Å². The topological polar surface area (TPSA) is 68.9 Å². The molecule has 1 heterocycles. The third kappa shape index (κ3) is 2.82. The summed E-state index contributed by atoms with van der Waals surface area (Å²) in [4.78, 5) is 10.7. The summed E-state index contributed by atoms with van der Waals surface area (Å²) in [7, 11) is 1.57. The van der Waals surface area contributed by atoms with E-state index in [0.717, 1.165) is 0 Å². The van der Waals surface area contributed by atoms with Crippen LogP contribution >= 0.6 is 0 Å². The van der Waals surface area contributed by atoms with Gasteiger partial charge in [-0.3, -0.25) is 0 Å². The van der Waals surface area contributed by atoms with Gasteiger partial charge in [0, 0.05) is 6.07 Å². The Bertz CT molecular complexity index is 544. The first-order chi connectivity index (χ1) is 8.69. The quantitative estimate of drug-likeness (QED) is 0.880. The average molecular weight is 248 g/mol. The first kappa shape index (κ1) is 12.0. The fourth-order valence-electron chi connectivity index (χ4n) is 1.41. The number of hydrogen-bond acceptors (Lipinski definition) is 4. The smallest absolute Gasteiger partial charge is 0.338 e. The van der Waals surface area contributed by atoms with Crippen LogP contribution in [0, 0.1) is 0 Å². The number of hydrogen-bond donors (Lipinski definition) is 1. The summed E-state index contributed by atoms with van der Waals surface area (Å²) in [6, 6.07) is 8.56. The Kier molecular flexibility index (Phi) is 3.52. The summed E-state index contributed by atoms with van der Waals surface area (Å²) in [5.41, 5.74) is 0.110. The molecule has 94 valence electrons. The summed E-state index contributed by atoms with van der Waals surface area (Å²) in [6.45, 7) is 0.167. The Morgan fingerprint density at radius 1 is 1.33 bits per heavy atom. The second-order valence-corrected chi connectivity index (χ2v) is 3.57. The lowest BCUT2D eigenvalue weighted by Crippen LogP contribution is -1.95. The zero-order valence-electron chi connectivity index (χ0n) is 9.75. The van der Waals surface area contributed by atoms with Crippen molar-refractivity contribution >= 4 is 5.97 Å². The molecule has 2 rings (SSSR count). The van der Waals surface area contributed by atoms with E-state index in [0.29, 0.717) is 17.3 Å². The molecule has 0 amide bonds. The van der Waals surface area contributed by atoms with E-state index >= 15 is 0 Å². The van der Waals surface area contributed by atoms with Gasteiger partial charge >= 0.3 is 5.97 Å². The predicted octanol–water partition coefficient (Wildman–Crippen LogP) is 2.57. The molecule has 5 heteroatoms. The molecule has 0 atom stereocenters. The van der Waals surface area contributed by atoms with Crippen molar-refractivity contribution in [2.45, 2.75) is 6.61 Å².